The normalized spacial score (nSPS) is 10.2. The number of benzene rings is 1. The molecule has 0 atom stereocenters. The summed E-state index contributed by atoms with van der Waals surface area (Å²) in [6, 6.07) is 7.21. The number of carbonyl (C=O) groups excluding carboxylic acids is 1. The molecule has 0 aliphatic rings. The molecule has 5 heteroatoms. The molecule has 17 heavy (non-hydrogen) atoms. The summed E-state index contributed by atoms with van der Waals surface area (Å²) in [5, 5.41) is 10.9. The molecule has 2 N–H and O–H groups in total. The average Bonchev–Trinajstić information content (AvgIpc) is 2.34. The highest BCUT2D eigenvalue weighted by Gasteiger charge is 1.98. The summed E-state index contributed by atoms with van der Waals surface area (Å²) in [4.78, 5) is 21.3. The van der Waals surface area contributed by atoms with Crippen LogP contribution >= 0.6 is 0 Å². The number of carboxylic acid groups (broad SMARTS) is 1. The molecule has 0 spiro atoms. The predicted molar refractivity (Wildman–Crippen MR) is 61.6 cm³/mol. The van der Waals surface area contributed by atoms with Gasteiger partial charge in [-0.3, -0.25) is 4.79 Å². The fourth-order valence-electron chi connectivity index (χ4n) is 1.14. The van der Waals surface area contributed by atoms with Gasteiger partial charge < -0.3 is 15.2 Å². The first-order chi connectivity index (χ1) is 8.11. The van der Waals surface area contributed by atoms with Gasteiger partial charge >= 0.3 is 5.97 Å². The minimum Gasteiger partial charge on any atom is -0.497 e. The monoisotopic (exact) mass is 235 g/mol. The summed E-state index contributed by atoms with van der Waals surface area (Å²) in [5.41, 5.74) is 0.905. The predicted octanol–water partition coefficient (Wildman–Crippen LogP) is 0.952. The quantitative estimate of drug-likeness (QED) is 0.745. The Hall–Kier alpha value is -2.30. The molecule has 0 saturated carbocycles. The number of carboxylic acids is 1. The van der Waals surface area contributed by atoms with E-state index in [4.69, 9.17) is 9.84 Å². The second-order valence-electron chi connectivity index (χ2n) is 3.24. The van der Waals surface area contributed by atoms with Gasteiger partial charge in [-0.25, -0.2) is 4.79 Å². The fourth-order valence-corrected chi connectivity index (χ4v) is 1.14. The lowest BCUT2D eigenvalue weighted by atomic mass is 10.2. The highest BCUT2D eigenvalue weighted by Crippen LogP contribution is 2.10. The zero-order valence-corrected chi connectivity index (χ0v) is 9.34. The van der Waals surface area contributed by atoms with E-state index in [0.29, 0.717) is 6.54 Å². The Morgan fingerprint density at radius 2 is 1.94 bits per heavy atom. The fraction of sp³-hybridized carbons (Fsp3) is 0.167. The lowest BCUT2D eigenvalue weighted by molar-refractivity contribution is -0.131. The van der Waals surface area contributed by atoms with Gasteiger partial charge in [0.25, 0.3) is 0 Å². The number of aliphatic carboxylic acids is 1. The van der Waals surface area contributed by atoms with Crippen molar-refractivity contribution in [2.75, 3.05) is 7.11 Å². The zero-order valence-electron chi connectivity index (χ0n) is 9.34. The zero-order chi connectivity index (χ0) is 12.7. The molecule has 0 heterocycles. The third-order valence-corrected chi connectivity index (χ3v) is 2.00. The second kappa shape index (κ2) is 6.32. The van der Waals surface area contributed by atoms with E-state index in [2.05, 4.69) is 5.32 Å². The van der Waals surface area contributed by atoms with Crippen LogP contribution in [0.5, 0.6) is 5.75 Å². The number of methoxy groups -OCH3 is 1. The van der Waals surface area contributed by atoms with Crippen molar-refractivity contribution < 1.29 is 19.4 Å². The van der Waals surface area contributed by atoms with Crippen LogP contribution in [0, 0.1) is 0 Å². The molecule has 1 amide bonds. The van der Waals surface area contributed by atoms with Crippen molar-refractivity contribution >= 4 is 11.9 Å². The van der Waals surface area contributed by atoms with E-state index in [1.54, 1.807) is 19.2 Å². The number of amides is 1. The van der Waals surface area contributed by atoms with Crippen LogP contribution in [0.2, 0.25) is 0 Å². The molecule has 0 radical (unpaired) electrons. The largest absolute Gasteiger partial charge is 0.497 e. The Kier molecular flexibility index (Phi) is 4.75. The molecule has 0 unspecified atom stereocenters. The van der Waals surface area contributed by atoms with Gasteiger partial charge in [0.2, 0.25) is 5.91 Å². The minimum absolute atomic E-state index is 0.340. The van der Waals surface area contributed by atoms with Gasteiger partial charge in [-0.2, -0.15) is 0 Å². The lowest BCUT2D eigenvalue weighted by Gasteiger charge is -2.04. The number of nitrogens with one attached hydrogen (secondary N) is 1. The van der Waals surface area contributed by atoms with Crippen molar-refractivity contribution in [3.05, 3.63) is 42.0 Å². The van der Waals surface area contributed by atoms with E-state index in [-0.39, 0.29) is 0 Å². The summed E-state index contributed by atoms with van der Waals surface area (Å²) in [5.74, 6) is -0.848. The first kappa shape index (κ1) is 12.8. The smallest absolute Gasteiger partial charge is 0.328 e. The van der Waals surface area contributed by atoms with Crippen molar-refractivity contribution in [3.63, 3.8) is 0 Å². The van der Waals surface area contributed by atoms with E-state index in [1.807, 2.05) is 12.1 Å². The van der Waals surface area contributed by atoms with E-state index in [9.17, 15) is 9.59 Å². The molecule has 0 aromatic heterocycles. The second-order valence-corrected chi connectivity index (χ2v) is 3.24. The summed E-state index contributed by atoms with van der Waals surface area (Å²) >= 11 is 0. The van der Waals surface area contributed by atoms with E-state index in [1.165, 1.54) is 0 Å². The van der Waals surface area contributed by atoms with Crippen molar-refractivity contribution in [3.8, 4) is 5.75 Å². The van der Waals surface area contributed by atoms with Crippen LogP contribution in [0.4, 0.5) is 0 Å². The Balaban J connectivity index is 2.44. The maximum Gasteiger partial charge on any atom is 0.328 e. The first-order valence-corrected chi connectivity index (χ1v) is 4.93. The molecule has 0 saturated heterocycles. The van der Waals surface area contributed by atoms with Gasteiger partial charge in [-0.1, -0.05) is 12.1 Å². The van der Waals surface area contributed by atoms with E-state index in [0.717, 1.165) is 23.5 Å². The van der Waals surface area contributed by atoms with Crippen LogP contribution in [0.25, 0.3) is 0 Å². The summed E-state index contributed by atoms with van der Waals surface area (Å²) < 4.78 is 5.00. The van der Waals surface area contributed by atoms with E-state index >= 15 is 0 Å². The summed E-state index contributed by atoms with van der Waals surface area (Å²) in [6.45, 7) is 0.340. The number of hydrogen-bond acceptors (Lipinski definition) is 3. The van der Waals surface area contributed by atoms with Crippen molar-refractivity contribution in [1.82, 2.24) is 5.32 Å². The highest BCUT2D eigenvalue weighted by molar-refractivity contribution is 5.93. The van der Waals surface area contributed by atoms with Crippen LogP contribution < -0.4 is 10.1 Å². The number of carbonyl (C=O) groups is 2. The molecule has 5 nitrogen and oxygen atoms in total. The number of hydrogen-bond donors (Lipinski definition) is 2. The highest BCUT2D eigenvalue weighted by atomic mass is 16.5. The maximum atomic E-state index is 11.2. The Labute approximate surface area is 98.7 Å². The first-order valence-electron chi connectivity index (χ1n) is 4.93. The van der Waals surface area contributed by atoms with Crippen LogP contribution in [0.15, 0.2) is 36.4 Å². The van der Waals surface area contributed by atoms with Crippen LogP contribution in [-0.4, -0.2) is 24.1 Å². The Morgan fingerprint density at radius 3 is 2.47 bits per heavy atom. The van der Waals surface area contributed by atoms with Gasteiger partial charge in [0.15, 0.2) is 0 Å². The molecule has 1 aromatic carbocycles. The Morgan fingerprint density at radius 1 is 1.29 bits per heavy atom. The third kappa shape index (κ3) is 4.83. The average molecular weight is 235 g/mol. The van der Waals surface area contributed by atoms with Crippen LogP contribution in [0.1, 0.15) is 5.56 Å². The van der Waals surface area contributed by atoms with Crippen molar-refractivity contribution in [1.29, 1.82) is 0 Å². The SMILES string of the molecule is COc1ccc(CNC(=O)/C=C/C(=O)O)cc1. The molecule has 90 valence electrons. The molecule has 1 aromatic rings. The lowest BCUT2D eigenvalue weighted by Crippen LogP contribution is -2.20. The maximum absolute atomic E-state index is 11.2. The third-order valence-electron chi connectivity index (χ3n) is 2.00. The molecular formula is C12H13NO4. The summed E-state index contributed by atoms with van der Waals surface area (Å²) in [7, 11) is 1.58. The minimum atomic E-state index is -1.15. The van der Waals surface area contributed by atoms with Gasteiger partial charge in [0, 0.05) is 18.7 Å². The molecule has 0 fully saturated rings. The number of ether oxygens (including phenoxy) is 1. The molecule has 0 bridgehead atoms. The van der Waals surface area contributed by atoms with Gasteiger partial charge in [-0.15, -0.1) is 0 Å². The Bertz CT molecular complexity index is 423. The van der Waals surface area contributed by atoms with Crippen molar-refractivity contribution in [2.24, 2.45) is 0 Å². The number of rotatable bonds is 5. The molecule has 0 aliphatic heterocycles. The van der Waals surface area contributed by atoms with Gasteiger partial charge in [0.05, 0.1) is 7.11 Å². The summed E-state index contributed by atoms with van der Waals surface area (Å²) in [6.07, 6.45) is 1.77. The van der Waals surface area contributed by atoms with Crippen LogP contribution in [0.3, 0.4) is 0 Å². The van der Waals surface area contributed by atoms with Gasteiger partial charge in [-0.05, 0) is 17.7 Å². The van der Waals surface area contributed by atoms with Crippen molar-refractivity contribution in [2.45, 2.75) is 6.54 Å². The van der Waals surface area contributed by atoms with Gasteiger partial charge in [0.1, 0.15) is 5.75 Å². The molecule has 1 rings (SSSR count). The van der Waals surface area contributed by atoms with Crippen LogP contribution in [-0.2, 0) is 16.1 Å². The standard InChI is InChI=1S/C12H13NO4/c1-17-10-4-2-9(3-5-10)8-13-11(14)6-7-12(15)16/h2-7H,8H2,1H3,(H,13,14)(H,15,16)/b7-6+. The van der Waals surface area contributed by atoms with E-state index < -0.39 is 11.9 Å². The topological polar surface area (TPSA) is 75.6 Å². The molecule has 0 aliphatic carbocycles. The molecular weight excluding hydrogens is 222 g/mol.